The second-order valence-electron chi connectivity index (χ2n) is 4.51. The summed E-state index contributed by atoms with van der Waals surface area (Å²) >= 11 is 1.24. The van der Waals surface area contributed by atoms with Gasteiger partial charge in [0.1, 0.15) is 16.1 Å². The lowest BCUT2D eigenvalue weighted by Crippen LogP contribution is -2.30. The summed E-state index contributed by atoms with van der Waals surface area (Å²) in [4.78, 5) is 3.98. The van der Waals surface area contributed by atoms with E-state index in [1.165, 1.54) is 15.6 Å². The first-order valence-electron chi connectivity index (χ1n) is 6.26. The van der Waals surface area contributed by atoms with Crippen molar-refractivity contribution in [2.24, 2.45) is 0 Å². The van der Waals surface area contributed by atoms with Crippen LogP contribution in [0.25, 0.3) is 0 Å². The van der Waals surface area contributed by atoms with E-state index in [4.69, 9.17) is 4.74 Å². The lowest BCUT2D eigenvalue weighted by atomic mass is 10.3. The molecule has 1 aliphatic rings. The van der Waals surface area contributed by atoms with Crippen LogP contribution in [0.15, 0.2) is 46.2 Å². The molecule has 3 heterocycles. The van der Waals surface area contributed by atoms with Crippen LogP contribution in [-0.2, 0) is 10.0 Å². The first kappa shape index (κ1) is 13.5. The van der Waals surface area contributed by atoms with Crippen molar-refractivity contribution in [3.05, 3.63) is 42.0 Å². The molecule has 20 heavy (non-hydrogen) atoms. The van der Waals surface area contributed by atoms with Crippen molar-refractivity contribution in [1.29, 1.82) is 0 Å². The van der Waals surface area contributed by atoms with Gasteiger partial charge in [-0.2, -0.15) is 4.31 Å². The van der Waals surface area contributed by atoms with Gasteiger partial charge in [-0.25, -0.2) is 8.42 Å². The monoisotopic (exact) mass is 310 g/mol. The second-order valence-corrected chi connectivity index (χ2v) is 7.62. The second kappa shape index (κ2) is 5.51. The molecule has 0 amide bonds. The highest BCUT2D eigenvalue weighted by Crippen LogP contribution is 2.26. The number of nitrogens with zero attached hydrogens (tertiary/aromatic N) is 2. The maximum Gasteiger partial charge on any atom is 0.252 e. The maximum absolute atomic E-state index is 12.4. The Morgan fingerprint density at radius 1 is 1.35 bits per heavy atom. The van der Waals surface area contributed by atoms with Crippen molar-refractivity contribution in [2.75, 3.05) is 13.1 Å². The van der Waals surface area contributed by atoms with Gasteiger partial charge in [-0.1, -0.05) is 6.07 Å². The average molecular weight is 310 g/mol. The zero-order chi connectivity index (χ0) is 14.0. The number of pyridine rings is 1. The van der Waals surface area contributed by atoms with Gasteiger partial charge in [0.2, 0.25) is 0 Å². The van der Waals surface area contributed by atoms with Crippen molar-refractivity contribution in [2.45, 2.75) is 16.7 Å². The fourth-order valence-corrected chi connectivity index (χ4v) is 4.79. The Balaban J connectivity index is 1.68. The van der Waals surface area contributed by atoms with Gasteiger partial charge in [-0.3, -0.25) is 4.98 Å². The highest BCUT2D eigenvalue weighted by atomic mass is 32.2. The summed E-state index contributed by atoms with van der Waals surface area (Å²) in [6.45, 7) is 0.875. The van der Waals surface area contributed by atoms with Crippen molar-refractivity contribution < 1.29 is 13.2 Å². The molecule has 1 fully saturated rings. The van der Waals surface area contributed by atoms with Crippen molar-refractivity contribution in [3.63, 3.8) is 0 Å². The fraction of sp³-hybridized carbons (Fsp3) is 0.308. The summed E-state index contributed by atoms with van der Waals surface area (Å²) in [5.74, 6) is 0.674. The first-order valence-corrected chi connectivity index (χ1v) is 8.58. The van der Waals surface area contributed by atoms with Gasteiger partial charge in [0.15, 0.2) is 0 Å². The van der Waals surface area contributed by atoms with Gasteiger partial charge in [0.05, 0.1) is 12.7 Å². The molecule has 5 nitrogen and oxygen atoms in total. The minimum Gasteiger partial charge on any atom is -0.487 e. The number of hydrogen-bond donors (Lipinski definition) is 0. The molecule has 7 heteroatoms. The largest absolute Gasteiger partial charge is 0.487 e. The Kier molecular flexibility index (Phi) is 3.73. The zero-order valence-electron chi connectivity index (χ0n) is 10.7. The van der Waals surface area contributed by atoms with E-state index in [0.29, 0.717) is 29.5 Å². The summed E-state index contributed by atoms with van der Waals surface area (Å²) < 4.78 is 32.4. The van der Waals surface area contributed by atoms with Crippen LogP contribution >= 0.6 is 11.3 Å². The molecular weight excluding hydrogens is 296 g/mol. The van der Waals surface area contributed by atoms with Gasteiger partial charge < -0.3 is 4.74 Å². The molecule has 0 spiro atoms. The molecule has 1 saturated heterocycles. The third kappa shape index (κ3) is 2.70. The van der Waals surface area contributed by atoms with Crippen molar-refractivity contribution >= 4 is 21.4 Å². The first-order chi connectivity index (χ1) is 9.66. The van der Waals surface area contributed by atoms with Gasteiger partial charge >= 0.3 is 0 Å². The number of thiophene rings is 1. The molecule has 106 valence electrons. The average Bonchev–Trinajstić information content (AvgIpc) is 3.11. The lowest BCUT2D eigenvalue weighted by molar-refractivity contribution is 0.215. The molecule has 0 unspecified atom stereocenters. The summed E-state index contributed by atoms with van der Waals surface area (Å²) in [5, 5.41) is 1.77. The Morgan fingerprint density at radius 2 is 2.25 bits per heavy atom. The van der Waals surface area contributed by atoms with E-state index < -0.39 is 10.0 Å². The summed E-state index contributed by atoms with van der Waals surface area (Å²) in [7, 11) is -3.36. The highest BCUT2D eigenvalue weighted by molar-refractivity contribution is 7.91. The maximum atomic E-state index is 12.4. The normalized spacial score (nSPS) is 20.1. The molecule has 0 saturated carbocycles. The van der Waals surface area contributed by atoms with E-state index in [1.54, 1.807) is 36.0 Å². The Labute approximate surface area is 121 Å². The molecule has 0 radical (unpaired) electrons. The van der Waals surface area contributed by atoms with Crippen LogP contribution in [0.3, 0.4) is 0 Å². The number of ether oxygens (including phenoxy) is 1. The topological polar surface area (TPSA) is 59.5 Å². The molecule has 0 aliphatic carbocycles. The van der Waals surface area contributed by atoms with E-state index in [0.717, 1.165) is 0 Å². The smallest absolute Gasteiger partial charge is 0.252 e. The van der Waals surface area contributed by atoms with Crippen LogP contribution in [0.4, 0.5) is 0 Å². The van der Waals surface area contributed by atoms with E-state index in [2.05, 4.69) is 4.98 Å². The SMILES string of the molecule is O=S(=O)(c1cccs1)N1CC[C@H](Oc2cccnc2)C1. The van der Waals surface area contributed by atoms with Crippen LogP contribution in [0.2, 0.25) is 0 Å². The molecule has 0 N–H and O–H groups in total. The Bertz CT molecular complexity index is 656. The molecule has 3 rings (SSSR count). The molecule has 2 aromatic heterocycles. The van der Waals surface area contributed by atoms with Crippen LogP contribution in [0.5, 0.6) is 5.75 Å². The number of sulfonamides is 1. The minimum absolute atomic E-state index is 0.117. The molecule has 2 aromatic rings. The number of aromatic nitrogens is 1. The highest BCUT2D eigenvalue weighted by Gasteiger charge is 2.34. The lowest BCUT2D eigenvalue weighted by Gasteiger charge is -2.16. The predicted molar refractivity (Wildman–Crippen MR) is 76.3 cm³/mol. The quantitative estimate of drug-likeness (QED) is 0.866. The van der Waals surface area contributed by atoms with Crippen LogP contribution < -0.4 is 4.74 Å². The third-order valence-electron chi connectivity index (χ3n) is 3.13. The predicted octanol–water partition coefficient (Wildman–Crippen LogP) is 1.99. The van der Waals surface area contributed by atoms with Crippen LogP contribution in [0, 0.1) is 0 Å². The van der Waals surface area contributed by atoms with E-state index in [9.17, 15) is 8.42 Å². The van der Waals surface area contributed by atoms with Gasteiger partial charge in [0, 0.05) is 12.7 Å². The Morgan fingerprint density at radius 3 is 2.95 bits per heavy atom. The standard InChI is InChI=1S/C13H14N2O3S2/c16-20(17,13-4-2-8-19-13)15-7-5-12(10-15)18-11-3-1-6-14-9-11/h1-4,6,8-9,12H,5,7,10H2/t12-/m0/s1. The number of rotatable bonds is 4. The van der Waals surface area contributed by atoms with Gasteiger partial charge in [-0.05, 0) is 30.0 Å². The van der Waals surface area contributed by atoms with Gasteiger partial charge in [0.25, 0.3) is 10.0 Å². The van der Waals surface area contributed by atoms with E-state index in [-0.39, 0.29) is 6.10 Å². The van der Waals surface area contributed by atoms with E-state index >= 15 is 0 Å². The summed E-state index contributed by atoms with van der Waals surface area (Å²) in [6, 6.07) is 7.00. The molecule has 0 bridgehead atoms. The van der Waals surface area contributed by atoms with E-state index in [1.807, 2.05) is 6.07 Å². The van der Waals surface area contributed by atoms with Crippen molar-refractivity contribution in [3.8, 4) is 5.75 Å². The van der Waals surface area contributed by atoms with Crippen molar-refractivity contribution in [1.82, 2.24) is 9.29 Å². The van der Waals surface area contributed by atoms with Crippen LogP contribution in [-0.4, -0.2) is 36.9 Å². The molecule has 1 aliphatic heterocycles. The minimum atomic E-state index is -3.36. The molecule has 1 atom stereocenters. The van der Waals surface area contributed by atoms with Crippen LogP contribution in [0.1, 0.15) is 6.42 Å². The fourth-order valence-electron chi connectivity index (χ4n) is 2.16. The third-order valence-corrected chi connectivity index (χ3v) is 6.37. The zero-order valence-corrected chi connectivity index (χ0v) is 12.3. The summed E-state index contributed by atoms with van der Waals surface area (Å²) in [6.07, 6.45) is 3.89. The molecule has 0 aromatic carbocycles. The molecular formula is C13H14N2O3S2. The summed E-state index contributed by atoms with van der Waals surface area (Å²) in [5.41, 5.74) is 0. The number of hydrogen-bond acceptors (Lipinski definition) is 5. The Hall–Kier alpha value is -1.44. The van der Waals surface area contributed by atoms with Gasteiger partial charge in [-0.15, -0.1) is 11.3 Å².